The van der Waals surface area contributed by atoms with Crippen molar-refractivity contribution in [2.75, 3.05) is 19.7 Å². The summed E-state index contributed by atoms with van der Waals surface area (Å²) in [4.78, 5) is 23.4. The molecule has 27 heavy (non-hydrogen) atoms. The monoisotopic (exact) mass is 367 g/mol. The third-order valence-electron chi connectivity index (χ3n) is 6.41. The molecule has 7 nitrogen and oxygen atoms in total. The van der Waals surface area contributed by atoms with Crippen molar-refractivity contribution in [2.24, 2.45) is 11.3 Å². The fraction of sp³-hybridized carbons (Fsp3) is 0.600. The Morgan fingerprint density at radius 1 is 1.33 bits per heavy atom. The van der Waals surface area contributed by atoms with E-state index in [-0.39, 0.29) is 11.3 Å². The van der Waals surface area contributed by atoms with Crippen LogP contribution in [0.3, 0.4) is 0 Å². The number of hydrogen-bond acceptors (Lipinski definition) is 5. The van der Waals surface area contributed by atoms with Crippen molar-refractivity contribution in [3.63, 3.8) is 0 Å². The van der Waals surface area contributed by atoms with E-state index in [2.05, 4.69) is 20.2 Å². The number of aromatic nitrogens is 4. The molecule has 7 heteroatoms. The first kappa shape index (κ1) is 16.7. The van der Waals surface area contributed by atoms with Crippen LogP contribution in [0.15, 0.2) is 18.5 Å². The number of carbonyl (C=O) groups excluding carboxylic acids is 1. The smallest absolute Gasteiger partial charge is 0.316 e. The van der Waals surface area contributed by atoms with E-state index < -0.39 is 0 Å². The van der Waals surface area contributed by atoms with Gasteiger partial charge in [-0.25, -0.2) is 9.97 Å². The Bertz CT molecular complexity index is 844. The van der Waals surface area contributed by atoms with E-state index in [1.165, 1.54) is 19.3 Å². The molecule has 3 fully saturated rings. The third-order valence-corrected chi connectivity index (χ3v) is 6.41. The second kappa shape index (κ2) is 6.32. The van der Waals surface area contributed by atoms with Gasteiger partial charge in [0.15, 0.2) is 0 Å². The van der Waals surface area contributed by atoms with Crippen LogP contribution >= 0.6 is 0 Å². The molecule has 3 heterocycles. The molecular weight excluding hydrogens is 342 g/mol. The minimum atomic E-state index is 0.0134. The fourth-order valence-electron chi connectivity index (χ4n) is 4.68. The summed E-state index contributed by atoms with van der Waals surface area (Å²) in [5, 5.41) is 7.32. The van der Waals surface area contributed by atoms with Crippen LogP contribution in [0.2, 0.25) is 0 Å². The molecule has 0 bridgehead atoms. The number of rotatable bonds is 5. The standard InChI is InChI=1S/C20H25N5O2/c1-13-8-21-19(22-9-13)27-12-20-6-2-3-15(20)10-25(11-20)18(26)17-7-16(23-24-17)14-4-5-14/h7-9,14-15H,2-6,10-12H2,1H3,(H,23,24). The summed E-state index contributed by atoms with van der Waals surface area (Å²) in [6.07, 6.45) is 9.36. The van der Waals surface area contributed by atoms with Crippen molar-refractivity contribution in [3.8, 4) is 6.01 Å². The molecule has 2 atom stereocenters. The summed E-state index contributed by atoms with van der Waals surface area (Å²) < 4.78 is 5.95. The molecule has 2 aromatic heterocycles. The lowest BCUT2D eigenvalue weighted by molar-refractivity contribution is 0.0736. The highest BCUT2D eigenvalue weighted by Crippen LogP contribution is 2.49. The van der Waals surface area contributed by atoms with Crippen LogP contribution in [0.25, 0.3) is 0 Å². The molecule has 0 spiro atoms. The molecule has 2 unspecified atom stereocenters. The van der Waals surface area contributed by atoms with Gasteiger partial charge in [0.1, 0.15) is 5.69 Å². The highest BCUT2D eigenvalue weighted by atomic mass is 16.5. The van der Waals surface area contributed by atoms with E-state index in [1.54, 1.807) is 12.4 Å². The Morgan fingerprint density at radius 3 is 2.93 bits per heavy atom. The Kier molecular flexibility index (Phi) is 3.91. The van der Waals surface area contributed by atoms with Crippen LogP contribution in [0.5, 0.6) is 6.01 Å². The third kappa shape index (κ3) is 3.09. The summed E-state index contributed by atoms with van der Waals surface area (Å²) in [6.45, 7) is 4.05. The first-order chi connectivity index (χ1) is 13.1. The number of likely N-dealkylation sites (tertiary alicyclic amines) is 1. The number of aromatic amines is 1. The number of ether oxygens (including phenoxy) is 1. The molecule has 1 saturated heterocycles. The maximum absolute atomic E-state index is 13.0. The summed E-state index contributed by atoms with van der Waals surface area (Å²) in [5.74, 6) is 1.10. The van der Waals surface area contributed by atoms with Crippen molar-refractivity contribution in [1.29, 1.82) is 0 Å². The lowest BCUT2D eigenvalue weighted by Crippen LogP contribution is -2.36. The summed E-state index contributed by atoms with van der Waals surface area (Å²) in [5.41, 5.74) is 2.68. The molecule has 2 aliphatic carbocycles. The van der Waals surface area contributed by atoms with E-state index in [9.17, 15) is 4.79 Å². The Hall–Kier alpha value is -2.44. The predicted octanol–water partition coefficient (Wildman–Crippen LogP) is 2.71. The number of hydrogen-bond donors (Lipinski definition) is 1. The highest BCUT2D eigenvalue weighted by molar-refractivity contribution is 5.92. The molecule has 1 amide bonds. The first-order valence-corrected chi connectivity index (χ1v) is 9.89. The van der Waals surface area contributed by atoms with Crippen LogP contribution in [0, 0.1) is 18.3 Å². The van der Waals surface area contributed by atoms with Crippen molar-refractivity contribution in [2.45, 2.75) is 44.9 Å². The summed E-state index contributed by atoms with van der Waals surface area (Å²) >= 11 is 0. The second-order valence-electron chi connectivity index (χ2n) is 8.45. The second-order valence-corrected chi connectivity index (χ2v) is 8.45. The van der Waals surface area contributed by atoms with Gasteiger partial charge in [-0.2, -0.15) is 5.10 Å². The van der Waals surface area contributed by atoms with Crippen LogP contribution in [0.1, 0.15) is 59.8 Å². The van der Waals surface area contributed by atoms with E-state index in [0.717, 1.165) is 37.2 Å². The van der Waals surface area contributed by atoms with E-state index >= 15 is 0 Å². The predicted molar refractivity (Wildman–Crippen MR) is 98.5 cm³/mol. The molecule has 0 aromatic carbocycles. The SMILES string of the molecule is Cc1cnc(OCC23CCCC2CN(C(=O)c2cc(C4CC4)[nH]n2)C3)nc1. The highest BCUT2D eigenvalue weighted by Gasteiger charge is 2.51. The van der Waals surface area contributed by atoms with Gasteiger partial charge in [0.25, 0.3) is 5.91 Å². The van der Waals surface area contributed by atoms with Gasteiger partial charge in [0.05, 0.1) is 6.61 Å². The van der Waals surface area contributed by atoms with Gasteiger partial charge >= 0.3 is 6.01 Å². The van der Waals surface area contributed by atoms with E-state index in [0.29, 0.717) is 30.1 Å². The van der Waals surface area contributed by atoms with Gasteiger partial charge in [-0.1, -0.05) is 6.42 Å². The van der Waals surface area contributed by atoms with Gasteiger partial charge in [-0.15, -0.1) is 0 Å². The maximum Gasteiger partial charge on any atom is 0.316 e. The topological polar surface area (TPSA) is 84.0 Å². The molecule has 3 aliphatic rings. The lowest BCUT2D eigenvalue weighted by Gasteiger charge is -2.28. The molecular formula is C20H25N5O2. The van der Waals surface area contributed by atoms with Gasteiger partial charge < -0.3 is 9.64 Å². The molecule has 2 aromatic rings. The largest absolute Gasteiger partial charge is 0.463 e. The average Bonchev–Trinajstić information content (AvgIpc) is 3.12. The van der Waals surface area contributed by atoms with Gasteiger partial charge in [0, 0.05) is 42.5 Å². The minimum Gasteiger partial charge on any atom is -0.463 e. The van der Waals surface area contributed by atoms with Crippen LogP contribution < -0.4 is 4.74 Å². The average molecular weight is 367 g/mol. The summed E-state index contributed by atoms with van der Waals surface area (Å²) in [6, 6.07) is 2.36. The van der Waals surface area contributed by atoms with Crippen LogP contribution in [-0.2, 0) is 0 Å². The molecule has 2 saturated carbocycles. The molecule has 1 N–H and O–H groups in total. The normalized spacial score (nSPS) is 27.0. The minimum absolute atomic E-state index is 0.0134. The van der Waals surface area contributed by atoms with E-state index in [1.807, 2.05) is 17.9 Å². The maximum atomic E-state index is 13.0. The number of nitrogens with zero attached hydrogens (tertiary/aromatic N) is 4. The zero-order valence-corrected chi connectivity index (χ0v) is 15.6. The number of fused-ring (bicyclic) bond motifs is 1. The van der Waals surface area contributed by atoms with Crippen molar-refractivity contribution >= 4 is 5.91 Å². The molecule has 1 aliphatic heterocycles. The molecule has 142 valence electrons. The van der Waals surface area contributed by atoms with Crippen molar-refractivity contribution in [1.82, 2.24) is 25.1 Å². The molecule has 0 radical (unpaired) electrons. The quantitative estimate of drug-likeness (QED) is 0.878. The lowest BCUT2D eigenvalue weighted by atomic mass is 9.82. The Morgan fingerprint density at radius 2 is 2.15 bits per heavy atom. The number of amides is 1. The van der Waals surface area contributed by atoms with Crippen molar-refractivity contribution < 1.29 is 9.53 Å². The van der Waals surface area contributed by atoms with Crippen LogP contribution in [-0.4, -0.2) is 50.7 Å². The first-order valence-electron chi connectivity index (χ1n) is 9.89. The fourth-order valence-corrected chi connectivity index (χ4v) is 4.68. The molecule has 5 rings (SSSR count). The van der Waals surface area contributed by atoms with Crippen molar-refractivity contribution in [3.05, 3.63) is 35.4 Å². The summed E-state index contributed by atoms with van der Waals surface area (Å²) in [7, 11) is 0. The zero-order chi connectivity index (χ0) is 18.4. The van der Waals surface area contributed by atoms with E-state index in [4.69, 9.17) is 4.74 Å². The number of aryl methyl sites for hydroxylation is 1. The van der Waals surface area contributed by atoms with Crippen LogP contribution in [0.4, 0.5) is 0 Å². The number of carbonyl (C=O) groups is 1. The Balaban J connectivity index is 1.28. The number of nitrogens with one attached hydrogen (secondary N) is 1. The van der Waals surface area contributed by atoms with Gasteiger partial charge in [0.2, 0.25) is 0 Å². The van der Waals surface area contributed by atoms with Gasteiger partial charge in [-0.05, 0) is 50.2 Å². The number of H-pyrrole nitrogens is 1. The zero-order valence-electron chi connectivity index (χ0n) is 15.6. The van der Waals surface area contributed by atoms with Gasteiger partial charge in [-0.3, -0.25) is 9.89 Å². The Labute approximate surface area is 158 Å².